The lowest BCUT2D eigenvalue weighted by Crippen LogP contribution is -2.18. The molecule has 2 aromatic rings. The van der Waals surface area contributed by atoms with E-state index < -0.39 is 0 Å². The molecule has 0 spiro atoms. The Kier molecular flexibility index (Phi) is 4.50. The van der Waals surface area contributed by atoms with Gasteiger partial charge in [0.25, 0.3) is 0 Å². The monoisotopic (exact) mass is 304 g/mol. The van der Waals surface area contributed by atoms with Crippen LogP contribution in [-0.4, -0.2) is 4.98 Å². The fourth-order valence-corrected chi connectivity index (χ4v) is 2.19. The molecule has 0 radical (unpaired) electrons. The van der Waals surface area contributed by atoms with Crippen LogP contribution in [0.5, 0.6) is 0 Å². The van der Waals surface area contributed by atoms with Gasteiger partial charge in [0.15, 0.2) is 0 Å². The average Bonchev–Trinajstić information content (AvgIpc) is 2.41. The quantitative estimate of drug-likeness (QED) is 0.923. The molecular weight excluding hydrogens is 288 g/mol. The number of halogens is 1. The summed E-state index contributed by atoms with van der Waals surface area (Å²) in [5, 5.41) is 3.50. The molecule has 1 aromatic carbocycles. The van der Waals surface area contributed by atoms with E-state index >= 15 is 0 Å². The molecular formula is C15H17BrN2. The zero-order valence-electron chi connectivity index (χ0n) is 10.7. The first-order valence-electron chi connectivity index (χ1n) is 6.05. The molecule has 0 amide bonds. The van der Waals surface area contributed by atoms with E-state index in [0.29, 0.717) is 6.04 Å². The van der Waals surface area contributed by atoms with Crippen molar-refractivity contribution in [2.75, 3.05) is 0 Å². The summed E-state index contributed by atoms with van der Waals surface area (Å²) < 4.78 is 1.16. The summed E-state index contributed by atoms with van der Waals surface area (Å²) in [7, 11) is 0. The van der Waals surface area contributed by atoms with E-state index in [0.717, 1.165) is 11.0 Å². The van der Waals surface area contributed by atoms with Gasteiger partial charge in [-0.1, -0.05) is 34.1 Å². The molecule has 1 atom stereocenters. The molecule has 0 aliphatic carbocycles. The number of benzene rings is 1. The SMILES string of the molecule is Cc1ccc(CN[C@@H](C)c2cccnc2)cc1Br. The molecule has 94 valence electrons. The molecule has 3 heteroatoms. The van der Waals surface area contributed by atoms with Gasteiger partial charge in [-0.2, -0.15) is 0 Å². The second-order valence-electron chi connectivity index (χ2n) is 4.47. The van der Waals surface area contributed by atoms with Crippen LogP contribution >= 0.6 is 15.9 Å². The number of aromatic nitrogens is 1. The van der Waals surface area contributed by atoms with Crippen molar-refractivity contribution in [1.82, 2.24) is 10.3 Å². The Balaban J connectivity index is 1.97. The van der Waals surface area contributed by atoms with E-state index in [1.165, 1.54) is 16.7 Å². The number of rotatable bonds is 4. The standard InChI is InChI=1S/C15H17BrN2/c1-11-5-6-13(8-15(11)16)9-18-12(2)14-4-3-7-17-10-14/h3-8,10,12,18H,9H2,1-2H3/t12-/m0/s1. The zero-order valence-corrected chi connectivity index (χ0v) is 12.2. The number of hydrogen-bond acceptors (Lipinski definition) is 2. The molecule has 0 bridgehead atoms. The van der Waals surface area contributed by atoms with Crippen molar-refractivity contribution in [1.29, 1.82) is 0 Å². The Morgan fingerprint density at radius 2 is 2.17 bits per heavy atom. The first kappa shape index (κ1) is 13.2. The van der Waals surface area contributed by atoms with Gasteiger partial charge in [0.2, 0.25) is 0 Å². The lowest BCUT2D eigenvalue weighted by Gasteiger charge is -2.14. The topological polar surface area (TPSA) is 24.9 Å². The van der Waals surface area contributed by atoms with Gasteiger partial charge in [0, 0.05) is 29.5 Å². The zero-order chi connectivity index (χ0) is 13.0. The van der Waals surface area contributed by atoms with Gasteiger partial charge in [-0.15, -0.1) is 0 Å². The summed E-state index contributed by atoms with van der Waals surface area (Å²) in [6.07, 6.45) is 3.70. The molecule has 1 N–H and O–H groups in total. The van der Waals surface area contributed by atoms with Crippen LogP contribution in [-0.2, 0) is 6.54 Å². The van der Waals surface area contributed by atoms with Gasteiger partial charge in [-0.25, -0.2) is 0 Å². The minimum absolute atomic E-state index is 0.304. The van der Waals surface area contributed by atoms with Crippen LogP contribution in [0.4, 0.5) is 0 Å². The van der Waals surface area contributed by atoms with Crippen LogP contribution < -0.4 is 5.32 Å². The summed E-state index contributed by atoms with van der Waals surface area (Å²) in [6, 6.07) is 10.8. The van der Waals surface area contributed by atoms with Crippen molar-refractivity contribution in [3.05, 3.63) is 63.9 Å². The van der Waals surface area contributed by atoms with Gasteiger partial charge in [-0.3, -0.25) is 4.98 Å². The molecule has 1 aromatic heterocycles. The van der Waals surface area contributed by atoms with Gasteiger partial charge in [-0.05, 0) is 42.7 Å². The second kappa shape index (κ2) is 6.12. The van der Waals surface area contributed by atoms with E-state index in [-0.39, 0.29) is 0 Å². The number of nitrogens with one attached hydrogen (secondary N) is 1. The predicted octanol–water partition coefficient (Wildman–Crippen LogP) is 4.00. The van der Waals surface area contributed by atoms with Crippen molar-refractivity contribution < 1.29 is 0 Å². The van der Waals surface area contributed by atoms with Gasteiger partial charge in [0.1, 0.15) is 0 Å². The van der Waals surface area contributed by atoms with Crippen molar-refractivity contribution >= 4 is 15.9 Å². The van der Waals surface area contributed by atoms with Crippen LogP contribution in [0.3, 0.4) is 0 Å². The highest BCUT2D eigenvalue weighted by atomic mass is 79.9. The van der Waals surface area contributed by atoms with E-state index in [1.54, 1.807) is 6.20 Å². The predicted molar refractivity (Wildman–Crippen MR) is 78.4 cm³/mol. The van der Waals surface area contributed by atoms with Crippen LogP contribution in [0.1, 0.15) is 29.7 Å². The van der Waals surface area contributed by atoms with Crippen LogP contribution in [0.15, 0.2) is 47.2 Å². The number of nitrogens with zero attached hydrogens (tertiary/aromatic N) is 1. The summed E-state index contributed by atoms with van der Waals surface area (Å²) >= 11 is 3.56. The molecule has 2 rings (SSSR count). The summed E-state index contributed by atoms with van der Waals surface area (Å²) in [4.78, 5) is 4.14. The normalized spacial score (nSPS) is 12.4. The molecule has 0 fully saturated rings. The fraction of sp³-hybridized carbons (Fsp3) is 0.267. The van der Waals surface area contributed by atoms with Crippen LogP contribution in [0.25, 0.3) is 0 Å². The summed E-state index contributed by atoms with van der Waals surface area (Å²) in [5.74, 6) is 0. The first-order chi connectivity index (χ1) is 8.66. The highest BCUT2D eigenvalue weighted by molar-refractivity contribution is 9.10. The highest BCUT2D eigenvalue weighted by Gasteiger charge is 2.05. The Morgan fingerprint density at radius 3 is 2.83 bits per heavy atom. The van der Waals surface area contributed by atoms with E-state index in [1.807, 2.05) is 12.3 Å². The molecule has 0 aliphatic rings. The molecule has 1 heterocycles. The highest BCUT2D eigenvalue weighted by Crippen LogP contribution is 2.18. The average molecular weight is 305 g/mol. The smallest absolute Gasteiger partial charge is 0.0315 e. The summed E-state index contributed by atoms with van der Waals surface area (Å²) in [5.41, 5.74) is 3.76. The maximum atomic E-state index is 4.14. The van der Waals surface area contributed by atoms with Crippen LogP contribution in [0.2, 0.25) is 0 Å². The van der Waals surface area contributed by atoms with E-state index in [2.05, 4.69) is 64.3 Å². The van der Waals surface area contributed by atoms with Crippen molar-refractivity contribution in [2.24, 2.45) is 0 Å². The maximum absolute atomic E-state index is 4.14. The Bertz CT molecular complexity index is 511. The third-order valence-corrected chi connectivity index (χ3v) is 3.89. The second-order valence-corrected chi connectivity index (χ2v) is 5.33. The van der Waals surface area contributed by atoms with Crippen molar-refractivity contribution in [3.63, 3.8) is 0 Å². The minimum Gasteiger partial charge on any atom is -0.306 e. The number of aryl methyl sites for hydroxylation is 1. The number of hydrogen-bond donors (Lipinski definition) is 1. The van der Waals surface area contributed by atoms with Gasteiger partial charge >= 0.3 is 0 Å². The molecule has 0 saturated heterocycles. The molecule has 2 nitrogen and oxygen atoms in total. The molecule has 0 saturated carbocycles. The fourth-order valence-electron chi connectivity index (χ4n) is 1.77. The Morgan fingerprint density at radius 1 is 1.33 bits per heavy atom. The molecule has 0 unspecified atom stereocenters. The van der Waals surface area contributed by atoms with Crippen molar-refractivity contribution in [2.45, 2.75) is 26.4 Å². The lowest BCUT2D eigenvalue weighted by atomic mass is 10.1. The lowest BCUT2D eigenvalue weighted by molar-refractivity contribution is 0.573. The van der Waals surface area contributed by atoms with Gasteiger partial charge < -0.3 is 5.32 Å². The maximum Gasteiger partial charge on any atom is 0.0315 e. The van der Waals surface area contributed by atoms with Gasteiger partial charge in [0.05, 0.1) is 0 Å². The van der Waals surface area contributed by atoms with Crippen LogP contribution in [0, 0.1) is 6.92 Å². The third-order valence-electron chi connectivity index (χ3n) is 3.03. The van der Waals surface area contributed by atoms with Crippen molar-refractivity contribution in [3.8, 4) is 0 Å². The van der Waals surface area contributed by atoms with E-state index in [9.17, 15) is 0 Å². The first-order valence-corrected chi connectivity index (χ1v) is 6.84. The minimum atomic E-state index is 0.304. The summed E-state index contributed by atoms with van der Waals surface area (Å²) in [6.45, 7) is 5.11. The van der Waals surface area contributed by atoms with E-state index in [4.69, 9.17) is 0 Å². The largest absolute Gasteiger partial charge is 0.306 e. The molecule has 18 heavy (non-hydrogen) atoms. The third kappa shape index (κ3) is 3.40. The Hall–Kier alpha value is -1.19. The Labute approximate surface area is 117 Å². The molecule has 0 aliphatic heterocycles. The number of pyridine rings is 1.